The first-order valence-corrected chi connectivity index (χ1v) is 8.63. The van der Waals surface area contributed by atoms with Crippen LogP contribution in [0.5, 0.6) is 0 Å². The summed E-state index contributed by atoms with van der Waals surface area (Å²) in [6.07, 6.45) is 0. The zero-order valence-corrected chi connectivity index (χ0v) is 14.3. The molecule has 1 fully saturated rings. The zero-order valence-electron chi connectivity index (χ0n) is 12.7. The molecule has 1 heterocycles. The van der Waals surface area contributed by atoms with Crippen molar-refractivity contribution in [3.63, 3.8) is 0 Å². The van der Waals surface area contributed by atoms with Gasteiger partial charge in [0.15, 0.2) is 0 Å². The molecule has 2 rings (SSSR count). The Morgan fingerprint density at radius 3 is 2.45 bits per heavy atom. The lowest BCUT2D eigenvalue weighted by Crippen LogP contribution is -2.57. The maximum Gasteiger partial charge on any atom is 0.254 e. The highest BCUT2D eigenvalue weighted by Crippen LogP contribution is 2.15. The second kappa shape index (κ2) is 7.41. The van der Waals surface area contributed by atoms with E-state index in [2.05, 4.69) is 12.2 Å². The molecule has 6 nitrogen and oxygen atoms in total. The molecular weight excluding hydrogens is 326 g/mol. The van der Waals surface area contributed by atoms with E-state index in [-0.39, 0.29) is 36.2 Å². The summed E-state index contributed by atoms with van der Waals surface area (Å²) in [6.45, 7) is 5.52. The van der Waals surface area contributed by atoms with Crippen LogP contribution in [0, 0.1) is 0 Å². The average Bonchev–Trinajstić information content (AvgIpc) is 2.40. The predicted molar refractivity (Wildman–Crippen MR) is 88.5 cm³/mol. The number of amides is 1. The van der Waals surface area contributed by atoms with E-state index >= 15 is 0 Å². The van der Waals surface area contributed by atoms with Gasteiger partial charge in [0.05, 0.1) is 5.75 Å². The van der Waals surface area contributed by atoms with E-state index < -0.39 is 10.0 Å². The molecule has 8 heteroatoms. The monoisotopic (exact) mass is 347 g/mol. The summed E-state index contributed by atoms with van der Waals surface area (Å²) in [5, 5.41) is 8.33. The molecule has 3 N–H and O–H groups in total. The molecule has 0 bridgehead atoms. The maximum absolute atomic E-state index is 12.5. The number of nitrogens with two attached hydrogens (primary N) is 1. The summed E-state index contributed by atoms with van der Waals surface area (Å²) in [4.78, 5) is 14.4. The molecule has 0 aromatic heterocycles. The van der Waals surface area contributed by atoms with Gasteiger partial charge in [-0.05, 0) is 31.5 Å². The van der Waals surface area contributed by atoms with Crippen molar-refractivity contribution in [2.75, 3.05) is 13.1 Å². The van der Waals surface area contributed by atoms with Crippen LogP contribution in [0.2, 0.25) is 0 Å². The van der Waals surface area contributed by atoms with Gasteiger partial charge in [-0.15, -0.1) is 12.4 Å². The number of piperazine rings is 1. The molecule has 22 heavy (non-hydrogen) atoms. The van der Waals surface area contributed by atoms with Crippen molar-refractivity contribution in [3.8, 4) is 0 Å². The third kappa shape index (κ3) is 4.67. The highest BCUT2D eigenvalue weighted by molar-refractivity contribution is 7.88. The molecule has 2 atom stereocenters. The Hall–Kier alpha value is -1.15. The molecule has 0 spiro atoms. The van der Waals surface area contributed by atoms with E-state index in [1.807, 2.05) is 11.8 Å². The molecule has 1 saturated heterocycles. The first kappa shape index (κ1) is 18.9. The number of rotatable bonds is 3. The van der Waals surface area contributed by atoms with Gasteiger partial charge in [-0.2, -0.15) is 0 Å². The van der Waals surface area contributed by atoms with Gasteiger partial charge in [-0.1, -0.05) is 12.1 Å². The van der Waals surface area contributed by atoms with Crippen molar-refractivity contribution in [1.29, 1.82) is 0 Å². The molecule has 124 valence electrons. The fourth-order valence-electron chi connectivity index (χ4n) is 2.48. The predicted octanol–water partition coefficient (Wildman–Crippen LogP) is 0.719. The average molecular weight is 348 g/mol. The molecular formula is C14H22ClN3O3S. The number of nitrogens with zero attached hydrogens (tertiary/aromatic N) is 1. The number of primary sulfonamides is 1. The zero-order chi connectivity index (χ0) is 15.6. The van der Waals surface area contributed by atoms with Gasteiger partial charge in [0.2, 0.25) is 10.0 Å². The summed E-state index contributed by atoms with van der Waals surface area (Å²) in [7, 11) is -3.55. The van der Waals surface area contributed by atoms with Gasteiger partial charge >= 0.3 is 0 Å². The van der Waals surface area contributed by atoms with Crippen LogP contribution in [0.1, 0.15) is 29.8 Å². The minimum atomic E-state index is -3.55. The van der Waals surface area contributed by atoms with E-state index in [1.54, 1.807) is 24.3 Å². The maximum atomic E-state index is 12.5. The van der Waals surface area contributed by atoms with Gasteiger partial charge < -0.3 is 10.2 Å². The fourth-order valence-corrected chi connectivity index (χ4v) is 3.14. The van der Waals surface area contributed by atoms with Crippen LogP contribution in [-0.4, -0.2) is 44.4 Å². The van der Waals surface area contributed by atoms with Crippen LogP contribution in [-0.2, 0) is 15.8 Å². The van der Waals surface area contributed by atoms with Gasteiger partial charge in [0.1, 0.15) is 0 Å². The van der Waals surface area contributed by atoms with Crippen LogP contribution < -0.4 is 10.5 Å². The minimum Gasteiger partial charge on any atom is -0.333 e. The van der Waals surface area contributed by atoms with Crippen molar-refractivity contribution in [3.05, 3.63) is 35.4 Å². The molecule has 1 aromatic carbocycles. The van der Waals surface area contributed by atoms with Crippen molar-refractivity contribution >= 4 is 28.3 Å². The molecule has 2 unspecified atom stereocenters. The lowest BCUT2D eigenvalue weighted by atomic mass is 10.0. The van der Waals surface area contributed by atoms with Crippen molar-refractivity contribution < 1.29 is 13.2 Å². The SMILES string of the molecule is CC1NCCN(C(=O)c2ccc(CS(N)(=O)=O)cc2)C1C.Cl. The molecule has 1 aromatic rings. The van der Waals surface area contributed by atoms with Crippen LogP contribution >= 0.6 is 12.4 Å². The molecule has 1 amide bonds. The second-order valence-corrected chi connectivity index (χ2v) is 7.10. The van der Waals surface area contributed by atoms with E-state index in [0.29, 0.717) is 17.7 Å². The van der Waals surface area contributed by atoms with E-state index in [4.69, 9.17) is 5.14 Å². The molecule has 1 aliphatic rings. The number of benzene rings is 1. The van der Waals surface area contributed by atoms with E-state index in [9.17, 15) is 13.2 Å². The Balaban J connectivity index is 0.00000242. The Morgan fingerprint density at radius 1 is 1.32 bits per heavy atom. The largest absolute Gasteiger partial charge is 0.333 e. The highest BCUT2D eigenvalue weighted by Gasteiger charge is 2.28. The third-order valence-corrected chi connectivity index (χ3v) is 4.60. The second-order valence-electron chi connectivity index (χ2n) is 5.49. The van der Waals surface area contributed by atoms with Crippen molar-refractivity contribution in [2.24, 2.45) is 5.14 Å². The van der Waals surface area contributed by atoms with Crippen LogP contribution in [0.4, 0.5) is 0 Å². The summed E-state index contributed by atoms with van der Waals surface area (Å²) >= 11 is 0. The number of halogens is 1. The van der Waals surface area contributed by atoms with Gasteiger partial charge in [-0.25, -0.2) is 13.6 Å². The number of carbonyl (C=O) groups excluding carboxylic acids is 1. The van der Waals surface area contributed by atoms with Gasteiger partial charge in [-0.3, -0.25) is 4.79 Å². The Bertz CT molecular complexity index is 619. The molecule has 0 saturated carbocycles. The number of nitrogens with one attached hydrogen (secondary N) is 1. The summed E-state index contributed by atoms with van der Waals surface area (Å²) in [6, 6.07) is 6.95. The van der Waals surface area contributed by atoms with Gasteiger partial charge in [0, 0.05) is 30.7 Å². The lowest BCUT2D eigenvalue weighted by Gasteiger charge is -2.38. The van der Waals surface area contributed by atoms with Crippen molar-refractivity contribution in [2.45, 2.75) is 31.7 Å². The first-order chi connectivity index (χ1) is 9.78. The molecule has 0 aliphatic carbocycles. The van der Waals surface area contributed by atoms with Gasteiger partial charge in [0.25, 0.3) is 5.91 Å². The minimum absolute atomic E-state index is 0. The van der Waals surface area contributed by atoms with E-state index in [1.165, 1.54) is 0 Å². The number of hydrogen-bond donors (Lipinski definition) is 2. The van der Waals surface area contributed by atoms with Crippen LogP contribution in [0.15, 0.2) is 24.3 Å². The van der Waals surface area contributed by atoms with Crippen LogP contribution in [0.3, 0.4) is 0 Å². The first-order valence-electron chi connectivity index (χ1n) is 6.92. The quantitative estimate of drug-likeness (QED) is 0.842. The molecule has 1 aliphatic heterocycles. The Kier molecular flexibility index (Phi) is 6.37. The molecule has 0 radical (unpaired) electrons. The Morgan fingerprint density at radius 2 is 1.91 bits per heavy atom. The summed E-state index contributed by atoms with van der Waals surface area (Å²) < 4.78 is 22.1. The normalized spacial score (nSPS) is 22.0. The van der Waals surface area contributed by atoms with Crippen LogP contribution in [0.25, 0.3) is 0 Å². The number of carbonyl (C=O) groups is 1. The van der Waals surface area contributed by atoms with Crippen molar-refractivity contribution in [1.82, 2.24) is 10.2 Å². The van der Waals surface area contributed by atoms with E-state index in [0.717, 1.165) is 6.54 Å². The summed E-state index contributed by atoms with van der Waals surface area (Å²) in [5.74, 6) is -0.249. The smallest absolute Gasteiger partial charge is 0.254 e. The Labute approximate surface area is 137 Å². The lowest BCUT2D eigenvalue weighted by molar-refractivity contribution is 0.0603. The standard InChI is InChI=1S/C14H21N3O3S.ClH/c1-10-11(2)17(8-7-16-10)14(18)13-5-3-12(4-6-13)9-21(15,19)20;/h3-6,10-11,16H,7-9H2,1-2H3,(H2,15,19,20);1H. The number of hydrogen-bond acceptors (Lipinski definition) is 4. The highest BCUT2D eigenvalue weighted by atomic mass is 35.5. The topological polar surface area (TPSA) is 92.5 Å². The third-order valence-electron chi connectivity index (χ3n) is 3.86. The number of sulfonamides is 1. The fraction of sp³-hybridized carbons (Fsp3) is 0.500. The summed E-state index contributed by atoms with van der Waals surface area (Å²) in [5.41, 5.74) is 1.14.